The highest BCUT2D eigenvalue weighted by molar-refractivity contribution is 9.10. The third-order valence-electron chi connectivity index (χ3n) is 3.29. The predicted molar refractivity (Wildman–Crippen MR) is 83.7 cm³/mol. The molecule has 0 radical (unpaired) electrons. The van der Waals surface area contributed by atoms with Crippen LogP contribution in [-0.4, -0.2) is 34.0 Å². The zero-order chi connectivity index (χ0) is 15.1. The molecule has 5 nitrogen and oxygen atoms in total. The van der Waals surface area contributed by atoms with Crippen LogP contribution in [0.4, 0.5) is 0 Å². The summed E-state index contributed by atoms with van der Waals surface area (Å²) in [5.41, 5.74) is 1.33. The van der Waals surface area contributed by atoms with Crippen LogP contribution in [0.1, 0.15) is 19.7 Å². The van der Waals surface area contributed by atoms with E-state index in [-0.39, 0.29) is 12.4 Å². The van der Waals surface area contributed by atoms with E-state index in [1.807, 2.05) is 6.07 Å². The van der Waals surface area contributed by atoms with Crippen molar-refractivity contribution in [1.82, 2.24) is 14.5 Å². The Morgan fingerprint density at radius 1 is 1.45 bits per heavy atom. The molecule has 0 aliphatic carbocycles. The Morgan fingerprint density at radius 3 is 2.65 bits per heavy atom. The van der Waals surface area contributed by atoms with Crippen LogP contribution in [0, 0.1) is 0 Å². The lowest BCUT2D eigenvalue weighted by molar-refractivity contribution is 0.501. The van der Waals surface area contributed by atoms with Gasteiger partial charge in [0.25, 0.3) is 0 Å². The fraction of sp³-hybridized carbons (Fsp3) is 0.500. The van der Waals surface area contributed by atoms with Gasteiger partial charge < -0.3 is 4.57 Å². The highest BCUT2D eigenvalue weighted by atomic mass is 79.9. The van der Waals surface area contributed by atoms with Crippen molar-refractivity contribution < 1.29 is 8.42 Å². The first-order chi connectivity index (χ1) is 9.15. The van der Waals surface area contributed by atoms with Crippen molar-refractivity contribution in [2.45, 2.75) is 31.0 Å². The summed E-state index contributed by atoms with van der Waals surface area (Å²) in [6, 6.07) is 1.84. The summed E-state index contributed by atoms with van der Waals surface area (Å²) in [6.07, 6.45) is 2.89. The summed E-state index contributed by atoms with van der Waals surface area (Å²) in [6.45, 7) is 3.63. The maximum Gasteiger partial charge on any atom is 0.160 e. The second-order valence-electron chi connectivity index (χ2n) is 5.28. The molecule has 2 aromatic heterocycles. The molecule has 20 heavy (non-hydrogen) atoms. The number of fused-ring (bicyclic) bond motifs is 1. The first-order valence-corrected chi connectivity index (χ1v) is 9.14. The first-order valence-electron chi connectivity index (χ1n) is 5.92. The highest BCUT2D eigenvalue weighted by Gasteiger charge is 2.32. The van der Waals surface area contributed by atoms with Gasteiger partial charge in [-0.2, -0.15) is 0 Å². The van der Waals surface area contributed by atoms with E-state index < -0.39 is 14.6 Å². The van der Waals surface area contributed by atoms with Crippen molar-refractivity contribution in [1.29, 1.82) is 0 Å². The molecule has 0 aliphatic heterocycles. The number of rotatable bonds is 4. The molecule has 2 rings (SSSR count). The second kappa shape index (κ2) is 5.27. The number of alkyl halides is 1. The van der Waals surface area contributed by atoms with Gasteiger partial charge in [-0.25, -0.2) is 18.4 Å². The molecule has 8 heteroatoms. The van der Waals surface area contributed by atoms with Crippen LogP contribution in [0.15, 0.2) is 16.7 Å². The number of hydrogen-bond donors (Lipinski definition) is 0. The van der Waals surface area contributed by atoms with Crippen molar-refractivity contribution >= 4 is 48.5 Å². The van der Waals surface area contributed by atoms with E-state index in [1.165, 1.54) is 6.26 Å². The predicted octanol–water partition coefficient (Wildman–Crippen LogP) is 2.76. The summed E-state index contributed by atoms with van der Waals surface area (Å²) >= 11 is 9.25. The molecule has 0 bridgehead atoms. The minimum atomic E-state index is -3.21. The van der Waals surface area contributed by atoms with E-state index >= 15 is 0 Å². The molecule has 0 fully saturated rings. The van der Waals surface area contributed by atoms with Crippen LogP contribution in [-0.2, 0) is 22.3 Å². The third-order valence-corrected chi connectivity index (χ3v) is 6.10. The zero-order valence-corrected chi connectivity index (χ0v) is 14.5. The molecule has 2 aromatic rings. The van der Waals surface area contributed by atoms with E-state index in [4.69, 9.17) is 11.6 Å². The van der Waals surface area contributed by atoms with E-state index in [0.717, 1.165) is 4.47 Å². The highest BCUT2D eigenvalue weighted by Crippen LogP contribution is 2.24. The number of nitrogens with zero attached hydrogens (tertiary/aromatic N) is 3. The van der Waals surface area contributed by atoms with Gasteiger partial charge in [0.05, 0.1) is 10.6 Å². The molecule has 0 aromatic carbocycles. The van der Waals surface area contributed by atoms with Crippen molar-refractivity contribution in [2.75, 3.05) is 6.26 Å². The lowest BCUT2D eigenvalue weighted by atomic mass is 10.2. The molecule has 0 spiro atoms. The maximum atomic E-state index is 11.9. The number of halogens is 2. The van der Waals surface area contributed by atoms with Crippen LogP contribution in [0.25, 0.3) is 11.2 Å². The van der Waals surface area contributed by atoms with Crippen molar-refractivity contribution in [3.63, 3.8) is 0 Å². The molecular weight excluding hydrogens is 366 g/mol. The molecule has 110 valence electrons. The third kappa shape index (κ3) is 2.84. The van der Waals surface area contributed by atoms with Crippen molar-refractivity contribution in [2.24, 2.45) is 0 Å². The van der Waals surface area contributed by atoms with Gasteiger partial charge in [0.15, 0.2) is 15.5 Å². The number of sulfone groups is 1. The summed E-state index contributed by atoms with van der Waals surface area (Å²) in [5, 5.41) is 0. The van der Waals surface area contributed by atoms with Gasteiger partial charge in [-0.15, -0.1) is 11.6 Å². The van der Waals surface area contributed by atoms with Crippen molar-refractivity contribution in [3.05, 3.63) is 22.6 Å². The first kappa shape index (κ1) is 15.7. The van der Waals surface area contributed by atoms with Crippen LogP contribution in [0.3, 0.4) is 0 Å². The topological polar surface area (TPSA) is 64.8 Å². The SMILES string of the molecule is CC(C)(Cn1c(CCl)nc2cc(Br)cnc21)S(C)(=O)=O. The van der Waals surface area contributed by atoms with Crippen LogP contribution < -0.4 is 0 Å². The van der Waals surface area contributed by atoms with Crippen LogP contribution >= 0.6 is 27.5 Å². The monoisotopic (exact) mass is 379 g/mol. The Labute approximate surface area is 131 Å². The van der Waals surface area contributed by atoms with Gasteiger partial charge in [0.2, 0.25) is 0 Å². The Balaban J connectivity index is 2.59. The number of hydrogen-bond acceptors (Lipinski definition) is 4. The molecule has 0 atom stereocenters. The van der Waals surface area contributed by atoms with Gasteiger partial charge in [-0.1, -0.05) is 0 Å². The Bertz CT molecular complexity index is 755. The average Bonchev–Trinajstić information content (AvgIpc) is 2.64. The molecule has 2 heterocycles. The van der Waals surface area contributed by atoms with Crippen LogP contribution in [0.5, 0.6) is 0 Å². The molecule has 0 saturated heterocycles. The van der Waals surface area contributed by atoms with Gasteiger partial charge >= 0.3 is 0 Å². The average molecular weight is 381 g/mol. The summed E-state index contributed by atoms with van der Waals surface area (Å²) in [7, 11) is -3.21. The van der Waals surface area contributed by atoms with Crippen LogP contribution in [0.2, 0.25) is 0 Å². The minimum absolute atomic E-state index is 0.202. The van der Waals surface area contributed by atoms with E-state index in [1.54, 1.807) is 24.6 Å². The molecule has 0 amide bonds. The Morgan fingerprint density at radius 2 is 2.10 bits per heavy atom. The van der Waals surface area contributed by atoms with Gasteiger partial charge in [0, 0.05) is 23.5 Å². The van der Waals surface area contributed by atoms with Gasteiger partial charge in [-0.05, 0) is 35.8 Å². The zero-order valence-electron chi connectivity index (χ0n) is 11.4. The summed E-state index contributed by atoms with van der Waals surface area (Å²) in [4.78, 5) is 8.72. The molecular formula is C12H15BrClN3O2S. The number of pyridine rings is 1. The standard InChI is InChI=1S/C12H15BrClN3O2S/c1-12(2,20(3,18)19)7-17-10(5-14)16-9-4-8(13)6-15-11(9)17/h4,6H,5,7H2,1-3H3. The Kier molecular flexibility index (Phi) is 4.15. The Hall–Kier alpha value is -0.660. The molecule has 0 unspecified atom stereocenters. The summed E-state index contributed by atoms with van der Waals surface area (Å²) in [5.74, 6) is 0.817. The largest absolute Gasteiger partial charge is 0.310 e. The lowest BCUT2D eigenvalue weighted by Gasteiger charge is -2.24. The molecule has 0 N–H and O–H groups in total. The smallest absolute Gasteiger partial charge is 0.160 e. The fourth-order valence-corrected chi connectivity index (χ4v) is 2.69. The summed E-state index contributed by atoms with van der Waals surface area (Å²) < 4.78 is 25.4. The quantitative estimate of drug-likeness (QED) is 0.765. The minimum Gasteiger partial charge on any atom is -0.310 e. The molecule has 0 aliphatic rings. The van der Waals surface area contributed by atoms with Gasteiger partial charge in [0.1, 0.15) is 11.3 Å². The normalized spacial score (nSPS) is 13.1. The molecule has 0 saturated carbocycles. The number of imidazole rings is 1. The van der Waals surface area contributed by atoms with E-state index in [0.29, 0.717) is 17.0 Å². The lowest BCUT2D eigenvalue weighted by Crippen LogP contribution is -2.36. The van der Waals surface area contributed by atoms with Crippen molar-refractivity contribution in [3.8, 4) is 0 Å². The fourth-order valence-electron chi connectivity index (χ4n) is 1.80. The number of aromatic nitrogens is 3. The second-order valence-corrected chi connectivity index (χ2v) is 9.11. The van der Waals surface area contributed by atoms with Gasteiger partial charge in [-0.3, -0.25) is 0 Å². The maximum absolute atomic E-state index is 11.9. The van der Waals surface area contributed by atoms with E-state index in [2.05, 4.69) is 25.9 Å². The van der Waals surface area contributed by atoms with E-state index in [9.17, 15) is 8.42 Å².